The average Bonchev–Trinajstić information content (AvgIpc) is 2.15. The van der Waals surface area contributed by atoms with E-state index in [1.165, 1.54) is 6.07 Å². The molecule has 76 valence electrons. The van der Waals surface area contributed by atoms with E-state index in [-0.39, 0.29) is 11.5 Å². The van der Waals surface area contributed by atoms with Gasteiger partial charge in [-0.2, -0.15) is 0 Å². The number of halogens is 1. The molecule has 0 radical (unpaired) electrons. The zero-order valence-electron chi connectivity index (χ0n) is 7.75. The molecule has 3 nitrogen and oxygen atoms in total. The van der Waals surface area contributed by atoms with E-state index in [1.54, 1.807) is 6.92 Å². The third-order valence-corrected chi connectivity index (χ3v) is 2.51. The molecule has 0 aromatic heterocycles. The van der Waals surface area contributed by atoms with Gasteiger partial charge in [-0.1, -0.05) is 11.6 Å². The molecule has 0 saturated carbocycles. The van der Waals surface area contributed by atoms with E-state index in [1.807, 2.05) is 0 Å². The summed E-state index contributed by atoms with van der Waals surface area (Å²) >= 11 is 5.81. The largest absolute Gasteiger partial charge is 0.504 e. The number of benzene rings is 1. The molecule has 0 bridgehead atoms. The number of phenolic OH excluding ortho intramolecular Hbond substituents is 2. The first-order chi connectivity index (χ1) is 6.57. The topological polar surface area (TPSA) is 57.5 Å². The summed E-state index contributed by atoms with van der Waals surface area (Å²) in [5.74, 6) is -0.435. The monoisotopic (exact) mass is 214 g/mol. The van der Waals surface area contributed by atoms with E-state index in [9.17, 15) is 15.0 Å². The van der Waals surface area contributed by atoms with Gasteiger partial charge in [-0.3, -0.25) is 0 Å². The molecule has 1 aromatic carbocycles. The van der Waals surface area contributed by atoms with Gasteiger partial charge in [-0.25, -0.2) is 0 Å². The Bertz CT molecular complexity index is 335. The van der Waals surface area contributed by atoms with Gasteiger partial charge in [0.1, 0.15) is 6.29 Å². The Balaban J connectivity index is 3.17. The minimum Gasteiger partial charge on any atom is -0.504 e. The Morgan fingerprint density at radius 2 is 2.14 bits per heavy atom. The number of hydrogen-bond donors (Lipinski definition) is 2. The molecule has 0 atom stereocenters. The molecular formula is C10H11ClO3. The first-order valence-corrected chi connectivity index (χ1v) is 4.59. The summed E-state index contributed by atoms with van der Waals surface area (Å²) < 4.78 is 0. The Hall–Kier alpha value is -1.22. The third-order valence-electron chi connectivity index (χ3n) is 2.12. The first kappa shape index (κ1) is 10.9. The number of hydrogen-bond acceptors (Lipinski definition) is 3. The molecule has 0 spiro atoms. The van der Waals surface area contributed by atoms with Crippen LogP contribution in [0.25, 0.3) is 0 Å². The van der Waals surface area contributed by atoms with Crippen LogP contribution in [0.15, 0.2) is 6.07 Å². The van der Waals surface area contributed by atoms with E-state index in [4.69, 9.17) is 11.6 Å². The fraction of sp³-hybridized carbons (Fsp3) is 0.300. The van der Waals surface area contributed by atoms with Crippen molar-refractivity contribution < 1.29 is 15.0 Å². The summed E-state index contributed by atoms with van der Waals surface area (Å²) in [5.41, 5.74) is 1.23. The second kappa shape index (κ2) is 4.33. The van der Waals surface area contributed by atoms with E-state index < -0.39 is 0 Å². The molecule has 0 aliphatic heterocycles. The summed E-state index contributed by atoms with van der Waals surface area (Å²) in [7, 11) is 0. The molecule has 2 N–H and O–H groups in total. The maximum atomic E-state index is 10.2. The molecule has 4 heteroatoms. The summed E-state index contributed by atoms with van der Waals surface area (Å²) in [6.45, 7) is 1.74. The highest BCUT2D eigenvalue weighted by molar-refractivity contribution is 6.31. The van der Waals surface area contributed by atoms with Crippen molar-refractivity contribution in [1.82, 2.24) is 0 Å². The van der Waals surface area contributed by atoms with Gasteiger partial charge in [0.05, 0.1) is 0 Å². The number of rotatable bonds is 3. The third kappa shape index (κ3) is 1.99. The fourth-order valence-electron chi connectivity index (χ4n) is 1.28. The highest BCUT2D eigenvalue weighted by Gasteiger charge is 2.12. The maximum Gasteiger partial charge on any atom is 0.161 e. The summed E-state index contributed by atoms with van der Waals surface area (Å²) in [5, 5.41) is 19.2. The molecule has 0 aliphatic carbocycles. The van der Waals surface area contributed by atoms with Crippen molar-refractivity contribution in [3.63, 3.8) is 0 Å². The van der Waals surface area contributed by atoms with Crippen LogP contribution in [0.2, 0.25) is 5.02 Å². The van der Waals surface area contributed by atoms with E-state index >= 15 is 0 Å². The van der Waals surface area contributed by atoms with Gasteiger partial charge in [0.2, 0.25) is 0 Å². The molecule has 1 rings (SSSR count). The number of aldehydes is 1. The van der Waals surface area contributed by atoms with Crippen molar-refractivity contribution in [3.8, 4) is 11.5 Å². The van der Waals surface area contributed by atoms with Gasteiger partial charge in [0.15, 0.2) is 11.5 Å². The minimum absolute atomic E-state index is 0.186. The van der Waals surface area contributed by atoms with Crippen molar-refractivity contribution in [2.24, 2.45) is 0 Å². The minimum atomic E-state index is -0.249. The van der Waals surface area contributed by atoms with Crippen molar-refractivity contribution in [2.45, 2.75) is 19.8 Å². The van der Waals surface area contributed by atoms with Gasteiger partial charge >= 0.3 is 0 Å². The number of carbonyl (C=O) groups is 1. The van der Waals surface area contributed by atoms with Crippen molar-refractivity contribution in [2.75, 3.05) is 0 Å². The van der Waals surface area contributed by atoms with Crippen LogP contribution in [0, 0.1) is 6.92 Å². The number of phenols is 2. The van der Waals surface area contributed by atoms with E-state index in [2.05, 4.69) is 0 Å². The van der Waals surface area contributed by atoms with Crippen LogP contribution in [-0.2, 0) is 11.2 Å². The Morgan fingerprint density at radius 3 is 2.71 bits per heavy atom. The maximum absolute atomic E-state index is 10.2. The standard InChI is InChI=1S/C10H11ClO3/c1-6-7(3-2-4-12)10(14)9(13)5-8(6)11/h4-5,13-14H,2-3H2,1H3. The van der Waals surface area contributed by atoms with Crippen LogP contribution in [0.4, 0.5) is 0 Å². The fourth-order valence-corrected chi connectivity index (χ4v) is 1.50. The van der Waals surface area contributed by atoms with Crippen molar-refractivity contribution >= 4 is 17.9 Å². The summed E-state index contributed by atoms with van der Waals surface area (Å²) in [4.78, 5) is 10.2. The van der Waals surface area contributed by atoms with Crippen LogP contribution in [0.5, 0.6) is 11.5 Å². The molecule has 0 saturated heterocycles. The quantitative estimate of drug-likeness (QED) is 0.599. The van der Waals surface area contributed by atoms with Crippen molar-refractivity contribution in [3.05, 3.63) is 22.2 Å². The Morgan fingerprint density at radius 1 is 1.50 bits per heavy atom. The molecular weight excluding hydrogens is 204 g/mol. The second-order valence-corrected chi connectivity index (χ2v) is 3.44. The molecule has 0 unspecified atom stereocenters. The normalized spacial score (nSPS) is 10.1. The number of carbonyl (C=O) groups excluding carboxylic acids is 1. The zero-order chi connectivity index (χ0) is 10.7. The van der Waals surface area contributed by atoms with E-state index in [0.29, 0.717) is 29.0 Å². The SMILES string of the molecule is Cc1c(Cl)cc(O)c(O)c1CCC=O. The smallest absolute Gasteiger partial charge is 0.161 e. The van der Waals surface area contributed by atoms with Gasteiger partial charge in [-0.05, 0) is 18.9 Å². The van der Waals surface area contributed by atoms with E-state index in [0.717, 1.165) is 6.29 Å². The van der Waals surface area contributed by atoms with Crippen LogP contribution < -0.4 is 0 Å². The molecule has 0 fully saturated rings. The van der Waals surface area contributed by atoms with Gasteiger partial charge < -0.3 is 15.0 Å². The predicted molar refractivity (Wildman–Crippen MR) is 53.9 cm³/mol. The molecule has 1 aromatic rings. The van der Waals surface area contributed by atoms with Crippen LogP contribution in [0.3, 0.4) is 0 Å². The summed E-state index contributed by atoms with van der Waals surface area (Å²) in [6.07, 6.45) is 1.44. The van der Waals surface area contributed by atoms with Gasteiger partial charge in [0, 0.05) is 23.1 Å². The van der Waals surface area contributed by atoms with Crippen LogP contribution >= 0.6 is 11.6 Å². The zero-order valence-corrected chi connectivity index (χ0v) is 8.51. The van der Waals surface area contributed by atoms with Gasteiger partial charge in [-0.15, -0.1) is 0 Å². The van der Waals surface area contributed by atoms with Crippen LogP contribution in [-0.4, -0.2) is 16.5 Å². The second-order valence-electron chi connectivity index (χ2n) is 3.04. The lowest BCUT2D eigenvalue weighted by molar-refractivity contribution is -0.107. The Labute approximate surface area is 86.9 Å². The molecule has 0 heterocycles. The predicted octanol–water partition coefficient (Wildman–Crippen LogP) is 2.19. The molecule has 14 heavy (non-hydrogen) atoms. The lowest BCUT2D eigenvalue weighted by atomic mass is 10.0. The highest BCUT2D eigenvalue weighted by atomic mass is 35.5. The number of aromatic hydroxyl groups is 2. The Kier molecular flexibility index (Phi) is 3.36. The van der Waals surface area contributed by atoms with Gasteiger partial charge in [0.25, 0.3) is 0 Å². The molecule has 0 aliphatic rings. The molecule has 0 amide bonds. The lowest BCUT2D eigenvalue weighted by Crippen LogP contribution is -1.93. The van der Waals surface area contributed by atoms with Crippen LogP contribution in [0.1, 0.15) is 17.5 Å². The lowest BCUT2D eigenvalue weighted by Gasteiger charge is -2.10. The first-order valence-electron chi connectivity index (χ1n) is 4.21. The average molecular weight is 215 g/mol. The highest BCUT2D eigenvalue weighted by Crippen LogP contribution is 2.36. The summed E-state index contributed by atoms with van der Waals surface area (Å²) in [6, 6.07) is 1.29. The van der Waals surface area contributed by atoms with Crippen molar-refractivity contribution in [1.29, 1.82) is 0 Å².